The number of carbonyl (C=O) groups is 1. The van der Waals surface area contributed by atoms with Crippen molar-refractivity contribution in [2.24, 2.45) is 0 Å². The molecule has 2 aromatic rings. The lowest BCUT2D eigenvalue weighted by atomic mass is 9.95. The number of nitrogens with one attached hydrogen (secondary N) is 2. The van der Waals surface area contributed by atoms with Gasteiger partial charge < -0.3 is 20.1 Å². The molecular weight excluding hydrogens is 332 g/mol. The third-order valence-corrected chi connectivity index (χ3v) is 4.50. The first kappa shape index (κ1) is 18.0. The first-order valence-corrected chi connectivity index (χ1v) is 8.83. The van der Waals surface area contributed by atoms with Crippen LogP contribution in [0.15, 0.2) is 30.3 Å². The van der Waals surface area contributed by atoms with Crippen LogP contribution in [0.5, 0.6) is 11.5 Å². The zero-order valence-electron chi connectivity index (χ0n) is 15.1. The van der Waals surface area contributed by atoms with E-state index in [4.69, 9.17) is 9.47 Å². The molecule has 1 aliphatic carbocycles. The van der Waals surface area contributed by atoms with Crippen LogP contribution < -0.4 is 20.1 Å². The van der Waals surface area contributed by atoms with Gasteiger partial charge in [0.25, 0.3) is 5.91 Å². The maximum Gasteiger partial charge on any atom is 0.276 e. The molecular formula is C19H24N4O3. The third kappa shape index (κ3) is 4.41. The smallest absolute Gasteiger partial charge is 0.276 e. The Balaban J connectivity index is 1.62. The average Bonchev–Trinajstić information content (AvgIpc) is 2.69. The molecule has 0 aliphatic heterocycles. The standard InChI is InChI=1S/C19H24N4O3/c1-25-16-10-8-14(12-17(16)26-2)21-19(24)15-9-11-18(23-22-15)20-13-6-4-3-5-7-13/h8-13H,3-7H2,1-2H3,(H,20,23)(H,21,24). The van der Waals surface area contributed by atoms with Crippen LogP contribution in [-0.2, 0) is 0 Å². The number of benzene rings is 1. The lowest BCUT2D eigenvalue weighted by Gasteiger charge is -2.22. The molecule has 0 atom stereocenters. The van der Waals surface area contributed by atoms with Crippen LogP contribution in [0, 0.1) is 0 Å². The van der Waals surface area contributed by atoms with E-state index in [1.807, 2.05) is 0 Å². The summed E-state index contributed by atoms with van der Waals surface area (Å²) in [5.74, 6) is 1.53. The molecule has 1 fully saturated rings. The second-order valence-corrected chi connectivity index (χ2v) is 6.31. The molecule has 1 heterocycles. The quantitative estimate of drug-likeness (QED) is 0.824. The van der Waals surface area contributed by atoms with Crippen molar-refractivity contribution in [2.45, 2.75) is 38.1 Å². The van der Waals surface area contributed by atoms with Gasteiger partial charge in [0.1, 0.15) is 5.82 Å². The van der Waals surface area contributed by atoms with Crippen molar-refractivity contribution in [3.8, 4) is 11.5 Å². The number of aromatic nitrogens is 2. The van der Waals surface area contributed by atoms with E-state index in [2.05, 4.69) is 20.8 Å². The number of carbonyl (C=O) groups excluding carboxylic acids is 1. The first-order chi connectivity index (χ1) is 12.7. The molecule has 0 spiro atoms. The van der Waals surface area contributed by atoms with E-state index in [-0.39, 0.29) is 11.6 Å². The Hall–Kier alpha value is -2.83. The summed E-state index contributed by atoms with van der Waals surface area (Å²) >= 11 is 0. The zero-order valence-corrected chi connectivity index (χ0v) is 15.1. The minimum atomic E-state index is -0.325. The van der Waals surface area contributed by atoms with E-state index in [0.717, 1.165) is 12.8 Å². The van der Waals surface area contributed by atoms with Crippen molar-refractivity contribution in [3.63, 3.8) is 0 Å². The summed E-state index contributed by atoms with van der Waals surface area (Å²) in [5, 5.41) is 14.3. The van der Waals surface area contributed by atoms with Crippen LogP contribution in [-0.4, -0.2) is 36.4 Å². The molecule has 0 bridgehead atoms. The van der Waals surface area contributed by atoms with Gasteiger partial charge in [0.15, 0.2) is 17.2 Å². The average molecular weight is 356 g/mol. The second kappa shape index (κ2) is 8.51. The topological polar surface area (TPSA) is 85.4 Å². The Bertz CT molecular complexity index is 743. The summed E-state index contributed by atoms with van der Waals surface area (Å²) < 4.78 is 10.4. The predicted molar refractivity (Wildman–Crippen MR) is 100 cm³/mol. The highest BCUT2D eigenvalue weighted by atomic mass is 16.5. The van der Waals surface area contributed by atoms with Crippen LogP contribution in [0.3, 0.4) is 0 Å². The fraction of sp³-hybridized carbons (Fsp3) is 0.421. The van der Waals surface area contributed by atoms with Crippen molar-refractivity contribution >= 4 is 17.4 Å². The number of methoxy groups -OCH3 is 2. The van der Waals surface area contributed by atoms with E-state index in [1.165, 1.54) is 19.3 Å². The van der Waals surface area contributed by atoms with E-state index in [0.29, 0.717) is 29.0 Å². The molecule has 3 rings (SSSR count). The Labute approximate surface area is 153 Å². The van der Waals surface area contributed by atoms with Gasteiger partial charge in [-0.05, 0) is 37.1 Å². The molecule has 26 heavy (non-hydrogen) atoms. The van der Waals surface area contributed by atoms with Crippen LogP contribution >= 0.6 is 0 Å². The maximum atomic E-state index is 12.4. The fourth-order valence-electron chi connectivity index (χ4n) is 3.10. The van der Waals surface area contributed by atoms with Crippen molar-refractivity contribution in [1.82, 2.24) is 10.2 Å². The number of hydrogen-bond donors (Lipinski definition) is 2. The van der Waals surface area contributed by atoms with Crippen LogP contribution in [0.2, 0.25) is 0 Å². The van der Waals surface area contributed by atoms with Crippen molar-refractivity contribution < 1.29 is 14.3 Å². The normalized spacial score (nSPS) is 14.5. The molecule has 1 amide bonds. The maximum absolute atomic E-state index is 12.4. The van der Waals surface area contributed by atoms with E-state index in [9.17, 15) is 4.79 Å². The van der Waals surface area contributed by atoms with Gasteiger partial charge in [-0.1, -0.05) is 19.3 Å². The van der Waals surface area contributed by atoms with Crippen LogP contribution in [0.4, 0.5) is 11.5 Å². The molecule has 138 valence electrons. The van der Waals surface area contributed by atoms with Crippen LogP contribution in [0.25, 0.3) is 0 Å². The summed E-state index contributed by atoms with van der Waals surface area (Å²) in [6.45, 7) is 0. The highest BCUT2D eigenvalue weighted by Crippen LogP contribution is 2.29. The summed E-state index contributed by atoms with van der Waals surface area (Å²) in [7, 11) is 3.11. The molecule has 7 nitrogen and oxygen atoms in total. The summed E-state index contributed by atoms with van der Waals surface area (Å²) in [5.41, 5.74) is 0.854. The molecule has 1 aromatic heterocycles. The molecule has 1 aromatic carbocycles. The third-order valence-electron chi connectivity index (χ3n) is 4.50. The van der Waals surface area contributed by atoms with Crippen molar-refractivity contribution in [2.75, 3.05) is 24.9 Å². The molecule has 1 aliphatic rings. The molecule has 1 saturated carbocycles. The number of ether oxygens (including phenoxy) is 2. The van der Waals surface area contributed by atoms with Gasteiger partial charge in [0.05, 0.1) is 14.2 Å². The van der Waals surface area contributed by atoms with Crippen LogP contribution in [0.1, 0.15) is 42.6 Å². The van der Waals surface area contributed by atoms with Gasteiger partial charge in [-0.15, -0.1) is 10.2 Å². The number of hydrogen-bond acceptors (Lipinski definition) is 6. The van der Waals surface area contributed by atoms with E-state index < -0.39 is 0 Å². The lowest BCUT2D eigenvalue weighted by molar-refractivity contribution is 0.102. The van der Waals surface area contributed by atoms with E-state index in [1.54, 1.807) is 44.6 Å². The number of rotatable bonds is 6. The SMILES string of the molecule is COc1ccc(NC(=O)c2ccc(NC3CCCCC3)nn2)cc1OC. The van der Waals surface area contributed by atoms with Gasteiger partial charge in [-0.2, -0.15) is 0 Å². The lowest BCUT2D eigenvalue weighted by Crippen LogP contribution is -2.23. The Morgan fingerprint density at radius 2 is 1.77 bits per heavy atom. The zero-order chi connectivity index (χ0) is 18.4. The highest BCUT2D eigenvalue weighted by Gasteiger charge is 2.15. The Kier molecular flexibility index (Phi) is 5.88. The minimum absolute atomic E-state index is 0.258. The molecule has 7 heteroatoms. The van der Waals surface area contributed by atoms with Gasteiger partial charge in [-0.25, -0.2) is 0 Å². The van der Waals surface area contributed by atoms with Gasteiger partial charge in [0, 0.05) is 17.8 Å². The van der Waals surface area contributed by atoms with Crippen molar-refractivity contribution in [1.29, 1.82) is 0 Å². The summed E-state index contributed by atoms with van der Waals surface area (Å²) in [6.07, 6.45) is 6.11. The Morgan fingerprint density at radius 1 is 1.00 bits per heavy atom. The second-order valence-electron chi connectivity index (χ2n) is 6.31. The van der Waals surface area contributed by atoms with E-state index >= 15 is 0 Å². The Morgan fingerprint density at radius 3 is 2.42 bits per heavy atom. The summed E-state index contributed by atoms with van der Waals surface area (Å²) in [4.78, 5) is 12.4. The van der Waals surface area contributed by atoms with Crippen molar-refractivity contribution in [3.05, 3.63) is 36.0 Å². The fourth-order valence-corrected chi connectivity index (χ4v) is 3.10. The van der Waals surface area contributed by atoms with Gasteiger partial charge in [0.2, 0.25) is 0 Å². The van der Waals surface area contributed by atoms with Gasteiger partial charge in [-0.3, -0.25) is 4.79 Å². The number of nitrogens with zero attached hydrogens (tertiary/aromatic N) is 2. The number of amides is 1. The highest BCUT2D eigenvalue weighted by molar-refractivity contribution is 6.02. The molecule has 0 saturated heterocycles. The largest absolute Gasteiger partial charge is 0.493 e. The molecule has 2 N–H and O–H groups in total. The molecule has 0 radical (unpaired) electrons. The molecule has 0 unspecified atom stereocenters. The summed E-state index contributed by atoms with van der Waals surface area (Å²) in [6, 6.07) is 9.09. The van der Waals surface area contributed by atoms with Gasteiger partial charge >= 0.3 is 0 Å². The monoisotopic (exact) mass is 356 g/mol. The first-order valence-electron chi connectivity index (χ1n) is 8.83. The minimum Gasteiger partial charge on any atom is -0.493 e. The number of anilines is 2. The predicted octanol–water partition coefficient (Wildman–Crippen LogP) is 3.49.